The smallest absolute Gasteiger partial charge is 0.343 e. The van der Waals surface area contributed by atoms with Gasteiger partial charge in [0.15, 0.2) is 17.3 Å². The van der Waals surface area contributed by atoms with Gasteiger partial charge < -0.3 is 14.8 Å². The topological polar surface area (TPSA) is 107 Å². The normalized spacial score (nSPS) is 19.6. The van der Waals surface area contributed by atoms with Gasteiger partial charge in [-0.2, -0.15) is 0 Å². The number of carbonyl (C=O) groups is 4. The molecule has 0 atom stereocenters. The maximum atomic E-state index is 16.8. The van der Waals surface area contributed by atoms with E-state index in [-0.39, 0.29) is 30.2 Å². The van der Waals surface area contributed by atoms with Crippen LogP contribution in [0.25, 0.3) is 5.57 Å². The SMILES string of the molecule is C[Si]1(C)C2=CC(=[N+]3CCC3)C=CC2=C(c2c(F)c(SCC(=O)ON3C(=O)CCC3=O)c(F)c(F)c2C(=O)O)c2ccc(N3CCC3)cc21. The molecule has 0 unspecified atom stereocenters. The third kappa shape index (κ3) is 5.12. The molecule has 0 bridgehead atoms. The van der Waals surface area contributed by atoms with E-state index in [0.29, 0.717) is 16.2 Å². The lowest BCUT2D eigenvalue weighted by Crippen LogP contribution is -2.50. The molecular formula is C34H31F3N3O6SSi+. The van der Waals surface area contributed by atoms with E-state index in [1.165, 1.54) is 0 Å². The number of nitrogens with zero attached hydrogens (tertiary/aromatic N) is 3. The van der Waals surface area contributed by atoms with Crippen LogP contribution in [0.5, 0.6) is 0 Å². The third-order valence-corrected chi connectivity index (χ3v) is 14.2. The first-order valence-electron chi connectivity index (χ1n) is 15.7. The zero-order chi connectivity index (χ0) is 34.1. The van der Waals surface area contributed by atoms with Crippen molar-refractivity contribution in [2.75, 3.05) is 36.8 Å². The zero-order valence-corrected chi connectivity index (χ0v) is 28.0. The van der Waals surface area contributed by atoms with Gasteiger partial charge in [0.25, 0.3) is 11.8 Å². The highest BCUT2D eigenvalue weighted by Crippen LogP contribution is 2.46. The van der Waals surface area contributed by atoms with E-state index in [1.807, 2.05) is 12.1 Å². The van der Waals surface area contributed by atoms with Crippen LogP contribution in [-0.2, 0) is 19.2 Å². The number of benzene rings is 2. The number of carboxylic acid groups (broad SMARTS) is 1. The van der Waals surface area contributed by atoms with Gasteiger partial charge in [0.2, 0.25) is 0 Å². The molecule has 7 rings (SSSR count). The van der Waals surface area contributed by atoms with Crippen molar-refractivity contribution < 1.29 is 46.9 Å². The Morgan fingerprint density at radius 2 is 1.71 bits per heavy atom. The molecule has 2 aromatic carbocycles. The predicted octanol–water partition coefficient (Wildman–Crippen LogP) is 4.34. The molecule has 2 amide bonds. The number of imide groups is 1. The van der Waals surface area contributed by atoms with E-state index >= 15 is 13.2 Å². The zero-order valence-electron chi connectivity index (χ0n) is 26.2. The first-order chi connectivity index (χ1) is 22.9. The Bertz CT molecular complexity index is 1960. The van der Waals surface area contributed by atoms with Crippen molar-refractivity contribution in [1.29, 1.82) is 0 Å². The number of allylic oxidation sites excluding steroid dienone is 5. The van der Waals surface area contributed by atoms with Crippen LogP contribution in [0.1, 0.15) is 47.2 Å². The first kappa shape index (κ1) is 32.1. The number of carboxylic acids is 1. The van der Waals surface area contributed by atoms with E-state index in [2.05, 4.69) is 34.7 Å². The van der Waals surface area contributed by atoms with Crippen LogP contribution in [0, 0.1) is 17.5 Å². The summed E-state index contributed by atoms with van der Waals surface area (Å²) in [5.74, 6) is -10.2. The van der Waals surface area contributed by atoms with Crippen LogP contribution >= 0.6 is 11.8 Å². The molecule has 1 N–H and O–H groups in total. The van der Waals surface area contributed by atoms with Crippen LogP contribution < -0.4 is 10.1 Å². The molecule has 0 aromatic heterocycles. The highest BCUT2D eigenvalue weighted by atomic mass is 32.2. The van der Waals surface area contributed by atoms with Gasteiger partial charge in [-0.15, -0.1) is 16.8 Å². The minimum Gasteiger partial charge on any atom is -0.478 e. The number of fused-ring (bicyclic) bond motifs is 2. The minimum atomic E-state index is -2.54. The molecule has 4 heterocycles. The van der Waals surface area contributed by atoms with Crippen LogP contribution in [0.2, 0.25) is 13.1 Å². The van der Waals surface area contributed by atoms with Gasteiger partial charge in [-0.05, 0) is 51.7 Å². The molecule has 9 nitrogen and oxygen atoms in total. The van der Waals surface area contributed by atoms with Crippen molar-refractivity contribution in [3.05, 3.63) is 81.3 Å². The summed E-state index contributed by atoms with van der Waals surface area (Å²) >= 11 is 0.252. The maximum Gasteiger partial charge on any atom is 0.343 e. The summed E-state index contributed by atoms with van der Waals surface area (Å²) in [5, 5.41) is 12.3. The van der Waals surface area contributed by atoms with Gasteiger partial charge in [0, 0.05) is 49.3 Å². The van der Waals surface area contributed by atoms with Crippen molar-refractivity contribution in [2.45, 2.75) is 43.7 Å². The number of aromatic carboxylic acids is 1. The van der Waals surface area contributed by atoms with E-state index in [9.17, 15) is 24.3 Å². The number of carbonyl (C=O) groups excluding carboxylic acids is 3. The Kier molecular flexibility index (Phi) is 7.98. The number of thioether (sulfide) groups is 1. The maximum absolute atomic E-state index is 16.8. The highest BCUT2D eigenvalue weighted by molar-refractivity contribution is 8.00. The van der Waals surface area contributed by atoms with Gasteiger partial charge in [-0.3, -0.25) is 9.59 Å². The first-order valence-corrected chi connectivity index (χ1v) is 19.7. The highest BCUT2D eigenvalue weighted by Gasteiger charge is 2.44. The Hall–Kier alpha value is -4.43. The summed E-state index contributed by atoms with van der Waals surface area (Å²) < 4.78 is 50.4. The standard InChI is InChI=1S/C34H30F3N3O6SSi/c1-48(2)22-15-18(38-11-3-12-38)5-7-20(22)27(21-8-6-19(16-23(21)48)39-13-4-14-39)28-29(34(44)45)30(35)32(37)33(31(28)36)47-17-26(43)46-40-24(41)9-10-25(40)42/h5-8,15-16H,3-4,9-14,17H2,1-2H3/p+1. The van der Waals surface area contributed by atoms with Gasteiger partial charge in [0.05, 0.1) is 17.1 Å². The van der Waals surface area contributed by atoms with E-state index in [1.54, 1.807) is 12.1 Å². The number of amides is 2. The van der Waals surface area contributed by atoms with Crippen LogP contribution in [0.15, 0.2) is 52.1 Å². The molecule has 3 fully saturated rings. The Morgan fingerprint density at radius 3 is 2.31 bits per heavy atom. The number of hydroxylamine groups is 2. The van der Waals surface area contributed by atoms with Crippen molar-refractivity contribution in [2.24, 2.45) is 0 Å². The fourth-order valence-corrected chi connectivity index (χ4v) is 10.6. The van der Waals surface area contributed by atoms with Crippen molar-refractivity contribution >= 4 is 65.7 Å². The lowest BCUT2D eigenvalue weighted by molar-refractivity contribution is -0.582. The second-order valence-electron chi connectivity index (χ2n) is 12.8. The number of hydrogen-bond acceptors (Lipinski definition) is 7. The molecule has 0 saturated carbocycles. The molecule has 1 aliphatic carbocycles. The largest absolute Gasteiger partial charge is 0.478 e. The monoisotopic (exact) mass is 694 g/mol. The fourth-order valence-electron chi connectivity index (χ4n) is 6.75. The van der Waals surface area contributed by atoms with Crippen LogP contribution in [0.3, 0.4) is 0 Å². The minimum absolute atomic E-state index is 0.128. The molecule has 5 aliphatic rings. The summed E-state index contributed by atoms with van der Waals surface area (Å²) in [5.41, 5.74) is 1.39. The van der Waals surface area contributed by atoms with Gasteiger partial charge >= 0.3 is 11.9 Å². The summed E-state index contributed by atoms with van der Waals surface area (Å²) in [6.07, 6.45) is 7.56. The molecule has 248 valence electrons. The Morgan fingerprint density at radius 1 is 1.00 bits per heavy atom. The lowest BCUT2D eigenvalue weighted by Gasteiger charge is -2.40. The Labute approximate surface area is 279 Å². The Balaban J connectivity index is 1.40. The molecule has 14 heteroatoms. The fraction of sp³-hybridized carbons (Fsp3) is 0.324. The third-order valence-electron chi connectivity index (χ3n) is 9.61. The second-order valence-corrected chi connectivity index (χ2v) is 18.1. The molecule has 0 radical (unpaired) electrons. The average molecular weight is 695 g/mol. The summed E-state index contributed by atoms with van der Waals surface area (Å²) in [6, 6.07) is 5.75. The summed E-state index contributed by atoms with van der Waals surface area (Å²) in [6.45, 7) is 7.88. The van der Waals surface area contributed by atoms with Gasteiger partial charge in [-0.25, -0.2) is 27.3 Å². The molecule has 3 saturated heterocycles. The lowest BCUT2D eigenvalue weighted by atomic mass is 9.86. The van der Waals surface area contributed by atoms with Gasteiger partial charge in [-0.1, -0.05) is 19.2 Å². The predicted molar refractivity (Wildman–Crippen MR) is 174 cm³/mol. The average Bonchev–Trinajstić information content (AvgIpc) is 3.30. The van der Waals surface area contributed by atoms with Crippen LogP contribution in [0.4, 0.5) is 18.9 Å². The molecule has 48 heavy (non-hydrogen) atoms. The number of anilines is 1. The molecular weight excluding hydrogens is 664 g/mol. The number of hydrogen-bond donors (Lipinski definition) is 1. The van der Waals surface area contributed by atoms with Crippen molar-refractivity contribution in [1.82, 2.24) is 5.06 Å². The van der Waals surface area contributed by atoms with Crippen molar-refractivity contribution in [3.63, 3.8) is 0 Å². The van der Waals surface area contributed by atoms with E-state index in [4.69, 9.17) is 4.84 Å². The second kappa shape index (κ2) is 11.9. The summed E-state index contributed by atoms with van der Waals surface area (Å²) in [4.78, 5) is 55.0. The molecule has 2 aromatic rings. The van der Waals surface area contributed by atoms with Crippen LogP contribution in [-0.4, -0.2) is 84.2 Å². The van der Waals surface area contributed by atoms with E-state index in [0.717, 1.165) is 60.8 Å². The summed E-state index contributed by atoms with van der Waals surface area (Å²) in [7, 11) is -2.54. The number of halogens is 3. The number of rotatable bonds is 7. The van der Waals surface area contributed by atoms with Gasteiger partial charge in [0.1, 0.15) is 32.5 Å². The van der Waals surface area contributed by atoms with Crippen molar-refractivity contribution in [3.8, 4) is 0 Å². The quantitative estimate of drug-likeness (QED) is 0.150. The molecule has 4 aliphatic heterocycles. The molecule has 0 spiro atoms. The van der Waals surface area contributed by atoms with E-state index < -0.39 is 71.1 Å².